The molecule has 1 N–H and O–H groups in total. The minimum absolute atomic E-state index is 0.0848. The summed E-state index contributed by atoms with van der Waals surface area (Å²) in [5.74, 6) is 0.556. The van der Waals surface area contributed by atoms with Gasteiger partial charge in [-0.25, -0.2) is 0 Å². The van der Waals surface area contributed by atoms with Gasteiger partial charge in [-0.15, -0.1) is 0 Å². The van der Waals surface area contributed by atoms with Crippen molar-refractivity contribution in [2.24, 2.45) is 5.92 Å². The van der Waals surface area contributed by atoms with Gasteiger partial charge in [0.2, 0.25) is 5.91 Å². The van der Waals surface area contributed by atoms with Crippen LogP contribution in [0, 0.1) is 5.92 Å². The van der Waals surface area contributed by atoms with Gasteiger partial charge in [0.05, 0.1) is 0 Å². The van der Waals surface area contributed by atoms with E-state index >= 15 is 0 Å². The number of hydrogen-bond donors (Lipinski definition) is 1. The number of fused-ring (bicyclic) bond motifs is 1. The van der Waals surface area contributed by atoms with E-state index in [0.29, 0.717) is 12.5 Å². The molecule has 0 saturated carbocycles. The van der Waals surface area contributed by atoms with Crippen LogP contribution in [-0.2, 0) is 11.3 Å². The van der Waals surface area contributed by atoms with Crippen LogP contribution in [0.1, 0.15) is 6.92 Å². The molecule has 1 aromatic heterocycles. The van der Waals surface area contributed by atoms with Crippen molar-refractivity contribution >= 4 is 16.8 Å². The van der Waals surface area contributed by atoms with Gasteiger partial charge in [0.15, 0.2) is 0 Å². The normalized spacial score (nSPS) is 17.9. The Bertz CT molecular complexity index is 673. The maximum absolute atomic E-state index is 12.2. The van der Waals surface area contributed by atoms with E-state index in [1.54, 1.807) is 0 Å². The van der Waals surface area contributed by atoms with Crippen LogP contribution in [0.25, 0.3) is 10.9 Å². The Morgan fingerprint density at radius 3 is 2.71 bits per heavy atom. The van der Waals surface area contributed by atoms with Crippen molar-refractivity contribution < 1.29 is 4.79 Å². The van der Waals surface area contributed by atoms with Crippen molar-refractivity contribution in [1.29, 1.82) is 0 Å². The summed E-state index contributed by atoms with van der Waals surface area (Å²) >= 11 is 0. The van der Waals surface area contributed by atoms with Crippen molar-refractivity contribution in [2.45, 2.75) is 13.5 Å². The molecule has 1 aromatic carbocycles. The van der Waals surface area contributed by atoms with Crippen molar-refractivity contribution in [1.82, 2.24) is 19.7 Å². The Hall–Kier alpha value is -1.85. The molecule has 0 spiro atoms. The average molecular weight is 328 g/mol. The molecule has 1 atom stereocenters. The number of carbonyl (C=O) groups is 1. The molecule has 1 aliphatic rings. The van der Waals surface area contributed by atoms with Crippen LogP contribution in [0.15, 0.2) is 36.5 Å². The first-order chi connectivity index (χ1) is 11.6. The zero-order valence-corrected chi connectivity index (χ0v) is 14.7. The van der Waals surface area contributed by atoms with Gasteiger partial charge in [0.25, 0.3) is 0 Å². The summed E-state index contributed by atoms with van der Waals surface area (Å²) in [4.78, 5) is 17.1. The molecule has 130 valence electrons. The Balaban J connectivity index is 1.43. The van der Waals surface area contributed by atoms with Crippen molar-refractivity contribution in [2.75, 3.05) is 46.3 Å². The zero-order chi connectivity index (χ0) is 16.9. The van der Waals surface area contributed by atoms with Crippen LogP contribution in [-0.4, -0.2) is 66.6 Å². The number of nitrogens with zero attached hydrogens (tertiary/aromatic N) is 3. The third-order valence-electron chi connectivity index (χ3n) is 4.81. The lowest BCUT2D eigenvalue weighted by Gasteiger charge is -2.33. The molecule has 1 saturated heterocycles. The van der Waals surface area contributed by atoms with Gasteiger partial charge in [-0.1, -0.05) is 25.1 Å². The third-order valence-corrected chi connectivity index (χ3v) is 4.81. The molecule has 0 bridgehead atoms. The highest BCUT2D eigenvalue weighted by molar-refractivity contribution is 5.83. The van der Waals surface area contributed by atoms with Crippen LogP contribution in [0.3, 0.4) is 0 Å². The maximum atomic E-state index is 12.2. The fourth-order valence-electron chi connectivity index (χ4n) is 3.31. The fourth-order valence-corrected chi connectivity index (χ4v) is 3.31. The number of piperazine rings is 1. The quantitative estimate of drug-likeness (QED) is 0.876. The maximum Gasteiger partial charge on any atom is 0.239 e. The monoisotopic (exact) mass is 328 g/mol. The highest BCUT2D eigenvalue weighted by Crippen LogP contribution is 2.14. The van der Waals surface area contributed by atoms with Crippen molar-refractivity contribution in [3.05, 3.63) is 36.5 Å². The van der Waals surface area contributed by atoms with E-state index in [1.165, 1.54) is 5.39 Å². The molecular formula is C19H28N4O. The van der Waals surface area contributed by atoms with Gasteiger partial charge >= 0.3 is 0 Å². The summed E-state index contributed by atoms with van der Waals surface area (Å²) in [5, 5.41) is 4.26. The molecule has 1 unspecified atom stereocenters. The van der Waals surface area contributed by atoms with Crippen LogP contribution in [0.2, 0.25) is 0 Å². The molecule has 3 rings (SSSR count). The first kappa shape index (κ1) is 17.0. The van der Waals surface area contributed by atoms with E-state index in [4.69, 9.17) is 0 Å². The van der Waals surface area contributed by atoms with Crippen LogP contribution in [0.5, 0.6) is 0 Å². The van der Waals surface area contributed by atoms with Gasteiger partial charge in [-0.05, 0) is 30.5 Å². The molecule has 24 heavy (non-hydrogen) atoms. The molecule has 5 heteroatoms. The molecule has 1 aliphatic heterocycles. The van der Waals surface area contributed by atoms with E-state index in [1.807, 2.05) is 22.9 Å². The lowest BCUT2D eigenvalue weighted by Crippen LogP contribution is -2.47. The number of rotatable bonds is 6. The minimum atomic E-state index is 0.0848. The first-order valence-electron chi connectivity index (χ1n) is 8.83. The summed E-state index contributed by atoms with van der Waals surface area (Å²) < 4.78 is 2.01. The number of nitrogens with one attached hydrogen (secondary N) is 1. The summed E-state index contributed by atoms with van der Waals surface area (Å²) in [7, 11) is 2.17. The van der Waals surface area contributed by atoms with E-state index in [2.05, 4.69) is 47.3 Å². The lowest BCUT2D eigenvalue weighted by atomic mass is 10.1. The number of aromatic nitrogens is 1. The van der Waals surface area contributed by atoms with Crippen molar-refractivity contribution in [3.8, 4) is 0 Å². The van der Waals surface area contributed by atoms with Gasteiger partial charge in [0, 0.05) is 51.0 Å². The second-order valence-corrected chi connectivity index (χ2v) is 7.02. The molecule has 1 amide bonds. The van der Waals surface area contributed by atoms with E-state index in [0.717, 1.165) is 44.8 Å². The van der Waals surface area contributed by atoms with Crippen LogP contribution in [0.4, 0.5) is 0 Å². The Kier molecular flexibility index (Phi) is 5.53. The predicted octanol–water partition coefficient (Wildman–Crippen LogP) is 1.64. The second kappa shape index (κ2) is 7.81. The van der Waals surface area contributed by atoms with Gasteiger partial charge in [-0.2, -0.15) is 0 Å². The Morgan fingerprint density at radius 2 is 1.92 bits per heavy atom. The number of carbonyl (C=O) groups excluding carboxylic acids is 1. The van der Waals surface area contributed by atoms with E-state index < -0.39 is 0 Å². The largest absolute Gasteiger partial charge is 0.354 e. The van der Waals surface area contributed by atoms with E-state index in [-0.39, 0.29) is 5.91 Å². The van der Waals surface area contributed by atoms with Gasteiger partial charge < -0.3 is 19.7 Å². The molecule has 0 aliphatic carbocycles. The zero-order valence-electron chi connectivity index (χ0n) is 14.7. The molecule has 2 aromatic rings. The van der Waals surface area contributed by atoms with Crippen LogP contribution < -0.4 is 5.32 Å². The number of benzene rings is 1. The standard InChI is InChI=1S/C19H28N4O/c1-16(14-22-11-9-21(2)10-12-22)13-20-19(24)15-23-8-7-17-5-3-4-6-18(17)23/h3-8,16H,9-15H2,1-2H3,(H,20,24). The molecule has 5 nitrogen and oxygen atoms in total. The van der Waals surface area contributed by atoms with Gasteiger partial charge in [-0.3, -0.25) is 4.79 Å². The SMILES string of the molecule is CC(CNC(=O)Cn1ccc2ccccc21)CN1CCN(C)CC1. The van der Waals surface area contributed by atoms with Crippen LogP contribution >= 0.6 is 0 Å². The smallest absolute Gasteiger partial charge is 0.239 e. The lowest BCUT2D eigenvalue weighted by molar-refractivity contribution is -0.121. The Morgan fingerprint density at radius 1 is 1.17 bits per heavy atom. The summed E-state index contributed by atoms with van der Waals surface area (Å²) in [6, 6.07) is 10.2. The highest BCUT2D eigenvalue weighted by Gasteiger charge is 2.16. The number of para-hydroxylation sites is 1. The third kappa shape index (κ3) is 4.36. The highest BCUT2D eigenvalue weighted by atomic mass is 16.1. The minimum Gasteiger partial charge on any atom is -0.354 e. The van der Waals surface area contributed by atoms with Crippen molar-refractivity contribution in [3.63, 3.8) is 0 Å². The fraction of sp³-hybridized carbons (Fsp3) is 0.526. The molecule has 0 radical (unpaired) electrons. The summed E-state index contributed by atoms with van der Waals surface area (Å²) in [5.41, 5.74) is 1.11. The average Bonchev–Trinajstić information content (AvgIpc) is 2.98. The second-order valence-electron chi connectivity index (χ2n) is 7.02. The summed E-state index contributed by atoms with van der Waals surface area (Å²) in [6.45, 7) is 8.93. The Labute approximate surface area is 144 Å². The predicted molar refractivity (Wildman–Crippen MR) is 98.0 cm³/mol. The number of likely N-dealkylation sites (N-methyl/N-ethyl adjacent to an activating group) is 1. The topological polar surface area (TPSA) is 40.5 Å². The summed E-state index contributed by atoms with van der Waals surface area (Å²) in [6.07, 6.45) is 1.98. The molecule has 1 fully saturated rings. The number of hydrogen-bond acceptors (Lipinski definition) is 3. The number of amides is 1. The molecule has 2 heterocycles. The van der Waals surface area contributed by atoms with E-state index in [9.17, 15) is 4.79 Å². The first-order valence-corrected chi connectivity index (χ1v) is 8.83. The molecular weight excluding hydrogens is 300 g/mol. The van der Waals surface area contributed by atoms with Gasteiger partial charge in [0.1, 0.15) is 6.54 Å².